The molecule has 2 N–H and O–H groups in total. The van der Waals surface area contributed by atoms with E-state index < -0.39 is 5.54 Å². The Morgan fingerprint density at radius 1 is 1.33 bits per heavy atom. The Labute approximate surface area is 115 Å². The van der Waals surface area contributed by atoms with Gasteiger partial charge in [-0.25, -0.2) is 0 Å². The van der Waals surface area contributed by atoms with Gasteiger partial charge in [-0.15, -0.1) is 0 Å². The van der Waals surface area contributed by atoms with Crippen molar-refractivity contribution in [1.82, 2.24) is 5.32 Å². The lowest BCUT2D eigenvalue weighted by Gasteiger charge is -2.28. The maximum atomic E-state index is 11.9. The zero-order chi connectivity index (χ0) is 13.9. The Hall–Kier alpha value is -0.260. The summed E-state index contributed by atoms with van der Waals surface area (Å²) < 4.78 is 5.12. The molecule has 1 unspecified atom stereocenters. The highest BCUT2D eigenvalue weighted by Crippen LogP contribution is 2.17. The molecule has 0 heterocycles. The van der Waals surface area contributed by atoms with E-state index in [1.54, 1.807) is 11.8 Å². The molecular weight excluding hydrogens is 250 g/mol. The number of rotatable bonds is 11. The molecule has 0 saturated carbocycles. The van der Waals surface area contributed by atoms with E-state index in [1.165, 1.54) is 0 Å². The highest BCUT2D eigenvalue weighted by atomic mass is 32.2. The number of hydrogen-bond donors (Lipinski definition) is 2. The van der Waals surface area contributed by atoms with Crippen molar-refractivity contribution >= 4 is 17.7 Å². The molecule has 0 amide bonds. The third kappa shape index (κ3) is 7.24. The summed E-state index contributed by atoms with van der Waals surface area (Å²) in [5.41, 5.74) is -0.563. The minimum Gasteiger partial charge on any atom is -0.465 e. The molecule has 0 spiro atoms. The van der Waals surface area contributed by atoms with E-state index in [9.17, 15) is 4.79 Å². The highest BCUT2D eigenvalue weighted by Gasteiger charge is 2.32. The van der Waals surface area contributed by atoms with Crippen LogP contribution < -0.4 is 5.32 Å². The van der Waals surface area contributed by atoms with Gasteiger partial charge in [-0.1, -0.05) is 13.3 Å². The average molecular weight is 277 g/mol. The van der Waals surface area contributed by atoms with Crippen molar-refractivity contribution < 1.29 is 14.6 Å². The first kappa shape index (κ1) is 17.7. The molecule has 0 aliphatic carbocycles. The van der Waals surface area contributed by atoms with Crippen molar-refractivity contribution in [3.8, 4) is 0 Å². The third-order valence-electron chi connectivity index (χ3n) is 2.74. The summed E-state index contributed by atoms with van der Waals surface area (Å²) in [6, 6.07) is 0. The molecule has 0 rings (SSSR count). The number of thioether (sulfide) groups is 1. The summed E-state index contributed by atoms with van der Waals surface area (Å²) in [6.07, 6.45) is 2.84. The lowest BCUT2D eigenvalue weighted by Crippen LogP contribution is -2.50. The molecule has 0 fully saturated rings. The SMILES string of the molecule is CCNC(C)(CCCCSCCO)C(=O)OCC. The van der Waals surface area contributed by atoms with Crippen LogP contribution in [0.25, 0.3) is 0 Å². The van der Waals surface area contributed by atoms with E-state index in [1.807, 2.05) is 20.8 Å². The monoisotopic (exact) mass is 277 g/mol. The fourth-order valence-corrected chi connectivity index (χ4v) is 2.53. The molecule has 1 atom stereocenters. The van der Waals surface area contributed by atoms with Crippen LogP contribution in [0.3, 0.4) is 0 Å². The molecular formula is C13H27NO3S. The molecule has 4 nitrogen and oxygen atoms in total. The summed E-state index contributed by atoms with van der Waals surface area (Å²) in [5.74, 6) is 1.67. The van der Waals surface area contributed by atoms with Gasteiger partial charge in [0.25, 0.3) is 0 Å². The van der Waals surface area contributed by atoms with Crippen molar-refractivity contribution in [1.29, 1.82) is 0 Å². The maximum absolute atomic E-state index is 11.9. The quantitative estimate of drug-likeness (QED) is 0.445. The van der Waals surface area contributed by atoms with Gasteiger partial charge in [0.2, 0.25) is 0 Å². The molecule has 18 heavy (non-hydrogen) atoms. The van der Waals surface area contributed by atoms with E-state index >= 15 is 0 Å². The lowest BCUT2D eigenvalue weighted by atomic mass is 9.95. The number of ether oxygens (including phenoxy) is 1. The predicted octanol–water partition coefficient (Wildman–Crippen LogP) is 1.81. The normalized spacial score (nSPS) is 14.2. The fraction of sp³-hybridized carbons (Fsp3) is 0.923. The van der Waals surface area contributed by atoms with Crippen LogP contribution in [0.15, 0.2) is 0 Å². The Balaban J connectivity index is 3.98. The minimum absolute atomic E-state index is 0.158. The maximum Gasteiger partial charge on any atom is 0.326 e. The number of nitrogens with one attached hydrogen (secondary N) is 1. The average Bonchev–Trinajstić information content (AvgIpc) is 2.34. The highest BCUT2D eigenvalue weighted by molar-refractivity contribution is 7.99. The predicted molar refractivity (Wildman–Crippen MR) is 77.0 cm³/mol. The number of aliphatic hydroxyl groups is 1. The number of unbranched alkanes of at least 4 members (excludes halogenated alkanes) is 1. The second-order valence-corrected chi connectivity index (χ2v) is 5.60. The van der Waals surface area contributed by atoms with Gasteiger partial charge in [0.15, 0.2) is 0 Å². The van der Waals surface area contributed by atoms with Crippen LogP contribution in [0, 0.1) is 0 Å². The number of likely N-dealkylation sites (N-methyl/N-ethyl adjacent to an activating group) is 1. The Morgan fingerprint density at radius 3 is 2.61 bits per heavy atom. The number of aliphatic hydroxyl groups excluding tert-OH is 1. The van der Waals surface area contributed by atoms with E-state index in [2.05, 4.69) is 5.32 Å². The van der Waals surface area contributed by atoms with E-state index in [0.29, 0.717) is 6.61 Å². The van der Waals surface area contributed by atoms with Crippen LogP contribution in [0.5, 0.6) is 0 Å². The first-order chi connectivity index (χ1) is 8.60. The molecule has 5 heteroatoms. The number of esters is 1. The largest absolute Gasteiger partial charge is 0.465 e. The van der Waals surface area contributed by atoms with Gasteiger partial charge < -0.3 is 15.2 Å². The van der Waals surface area contributed by atoms with Crippen LogP contribution in [0.1, 0.15) is 40.0 Å². The molecule has 0 bridgehead atoms. The lowest BCUT2D eigenvalue weighted by molar-refractivity contribution is -0.150. The van der Waals surface area contributed by atoms with Gasteiger partial charge in [-0.05, 0) is 39.0 Å². The van der Waals surface area contributed by atoms with Crippen molar-refractivity contribution in [2.24, 2.45) is 0 Å². The molecule has 0 aromatic rings. The molecule has 0 aliphatic heterocycles. The molecule has 0 aromatic heterocycles. The van der Waals surface area contributed by atoms with Gasteiger partial charge in [-0.2, -0.15) is 11.8 Å². The minimum atomic E-state index is -0.563. The van der Waals surface area contributed by atoms with Crippen LogP contribution in [0.4, 0.5) is 0 Å². The fourth-order valence-electron chi connectivity index (χ4n) is 1.79. The zero-order valence-electron chi connectivity index (χ0n) is 11.8. The third-order valence-corrected chi connectivity index (χ3v) is 3.79. The smallest absolute Gasteiger partial charge is 0.326 e. The van der Waals surface area contributed by atoms with Gasteiger partial charge in [0, 0.05) is 5.75 Å². The van der Waals surface area contributed by atoms with E-state index in [4.69, 9.17) is 9.84 Å². The van der Waals surface area contributed by atoms with Crippen LogP contribution >= 0.6 is 11.8 Å². The molecule has 0 saturated heterocycles. The zero-order valence-corrected chi connectivity index (χ0v) is 12.6. The van der Waals surface area contributed by atoms with Crippen LogP contribution in [0.2, 0.25) is 0 Å². The second kappa shape index (κ2) is 10.6. The Bertz CT molecular complexity index is 226. The van der Waals surface area contributed by atoms with E-state index in [0.717, 1.165) is 37.3 Å². The van der Waals surface area contributed by atoms with Gasteiger partial charge in [0.1, 0.15) is 5.54 Å². The topological polar surface area (TPSA) is 58.6 Å². The van der Waals surface area contributed by atoms with Gasteiger partial charge >= 0.3 is 5.97 Å². The number of carbonyl (C=O) groups is 1. The molecule has 0 aromatic carbocycles. The summed E-state index contributed by atoms with van der Waals surface area (Å²) in [5, 5.41) is 11.9. The van der Waals surface area contributed by atoms with E-state index in [-0.39, 0.29) is 12.6 Å². The molecule has 0 aliphatic rings. The molecule has 0 radical (unpaired) electrons. The number of carbonyl (C=O) groups excluding carboxylic acids is 1. The van der Waals surface area contributed by atoms with Crippen LogP contribution in [-0.4, -0.2) is 47.9 Å². The Kier molecular flexibility index (Phi) is 10.5. The van der Waals surface area contributed by atoms with Crippen LogP contribution in [-0.2, 0) is 9.53 Å². The van der Waals surface area contributed by atoms with Crippen molar-refractivity contribution in [3.63, 3.8) is 0 Å². The summed E-state index contributed by atoms with van der Waals surface area (Å²) >= 11 is 1.75. The van der Waals surface area contributed by atoms with Gasteiger partial charge in [0.05, 0.1) is 13.2 Å². The summed E-state index contributed by atoms with van der Waals surface area (Å²) in [4.78, 5) is 11.9. The first-order valence-corrected chi connectivity index (χ1v) is 7.87. The first-order valence-electron chi connectivity index (χ1n) is 6.71. The second-order valence-electron chi connectivity index (χ2n) is 4.38. The molecule has 108 valence electrons. The number of hydrogen-bond acceptors (Lipinski definition) is 5. The summed E-state index contributed by atoms with van der Waals surface area (Å²) in [7, 11) is 0. The van der Waals surface area contributed by atoms with Crippen molar-refractivity contribution in [2.75, 3.05) is 31.3 Å². The van der Waals surface area contributed by atoms with Crippen molar-refractivity contribution in [3.05, 3.63) is 0 Å². The standard InChI is InChI=1S/C13H27NO3S/c1-4-14-13(3,12(16)17-5-2)8-6-7-10-18-11-9-15/h14-15H,4-11H2,1-3H3. The summed E-state index contributed by atoms with van der Waals surface area (Å²) in [6.45, 7) is 7.16. The Morgan fingerprint density at radius 2 is 2.06 bits per heavy atom. The van der Waals surface area contributed by atoms with Gasteiger partial charge in [-0.3, -0.25) is 4.79 Å². The van der Waals surface area contributed by atoms with Crippen molar-refractivity contribution in [2.45, 2.75) is 45.6 Å².